The number of ether oxygens (including phenoxy) is 1. The number of carbonyl (C=O) groups is 1. The van der Waals surface area contributed by atoms with E-state index in [2.05, 4.69) is 0 Å². The molecule has 0 spiro atoms. The quantitative estimate of drug-likeness (QED) is 0.575. The Balaban J connectivity index is 1.69. The Hall–Kier alpha value is -0.730. The second-order valence-electron chi connectivity index (χ2n) is 4.42. The number of hydrogen-bond acceptors (Lipinski definition) is 2. The summed E-state index contributed by atoms with van der Waals surface area (Å²) in [6.07, 6.45) is 3.96. The zero-order valence-electron chi connectivity index (χ0n) is 7.90. The summed E-state index contributed by atoms with van der Waals surface area (Å²) in [6, 6.07) is 1.13. The molecule has 2 aliphatic carbocycles. The maximum atomic E-state index is 11.4. The lowest BCUT2D eigenvalue weighted by atomic mass is 10.0. The molecule has 3 aliphatic rings. The zero-order chi connectivity index (χ0) is 9.00. The van der Waals surface area contributed by atoms with Gasteiger partial charge in [0.05, 0.1) is 18.7 Å². The summed E-state index contributed by atoms with van der Waals surface area (Å²) in [5, 5.41) is 0. The lowest BCUT2D eigenvalue weighted by Gasteiger charge is -2.11. The highest BCUT2D eigenvalue weighted by Gasteiger charge is 2.66. The van der Waals surface area contributed by atoms with E-state index in [1.165, 1.54) is 19.3 Å². The van der Waals surface area contributed by atoms with Crippen LogP contribution in [-0.4, -0.2) is 29.7 Å². The van der Waals surface area contributed by atoms with Gasteiger partial charge in [0.25, 0.3) is 0 Å². The van der Waals surface area contributed by atoms with Gasteiger partial charge in [0.2, 0.25) is 0 Å². The number of likely N-dealkylation sites (tertiary alicyclic amines) is 1. The van der Waals surface area contributed by atoms with Crippen molar-refractivity contribution in [2.75, 3.05) is 6.61 Å². The van der Waals surface area contributed by atoms with Gasteiger partial charge in [0.15, 0.2) is 0 Å². The van der Waals surface area contributed by atoms with Crippen LogP contribution in [0.3, 0.4) is 0 Å². The van der Waals surface area contributed by atoms with E-state index in [0.29, 0.717) is 18.7 Å². The largest absolute Gasteiger partial charge is 0.450 e. The maximum Gasteiger partial charge on any atom is 0.410 e. The van der Waals surface area contributed by atoms with Crippen molar-refractivity contribution in [1.82, 2.24) is 4.90 Å². The highest BCUT2D eigenvalue weighted by molar-refractivity contribution is 5.73. The van der Waals surface area contributed by atoms with E-state index in [-0.39, 0.29) is 6.09 Å². The molecule has 0 N–H and O–H groups in total. The lowest BCUT2D eigenvalue weighted by molar-refractivity contribution is 0.126. The van der Waals surface area contributed by atoms with E-state index in [0.717, 1.165) is 11.8 Å². The number of rotatable bonds is 1. The Morgan fingerprint density at radius 2 is 2.00 bits per heavy atom. The average Bonchev–Trinajstić information content (AvgIpc) is 2.57. The van der Waals surface area contributed by atoms with E-state index in [9.17, 15) is 4.79 Å². The molecule has 1 amide bonds. The summed E-state index contributed by atoms with van der Waals surface area (Å²) < 4.78 is 5.01. The zero-order valence-corrected chi connectivity index (χ0v) is 7.90. The third-order valence-corrected chi connectivity index (χ3v) is 3.86. The number of carbonyl (C=O) groups excluding carboxylic acids is 1. The molecule has 0 aromatic rings. The Bertz CT molecular complexity index is 237. The molecule has 72 valence electrons. The van der Waals surface area contributed by atoms with Crippen LogP contribution in [0.25, 0.3) is 0 Å². The SMILES string of the molecule is CCOC(=O)N1C2C3CCC(C3)C21. The first-order valence-electron chi connectivity index (χ1n) is 5.28. The highest BCUT2D eigenvalue weighted by Crippen LogP contribution is 2.58. The fourth-order valence-electron chi connectivity index (χ4n) is 3.39. The number of nitrogens with zero attached hydrogens (tertiary/aromatic N) is 1. The first kappa shape index (κ1) is 7.65. The third-order valence-electron chi connectivity index (χ3n) is 3.86. The van der Waals surface area contributed by atoms with Crippen LogP contribution >= 0.6 is 0 Å². The van der Waals surface area contributed by atoms with Crippen LogP contribution < -0.4 is 0 Å². The number of piperidine rings is 1. The fourth-order valence-corrected chi connectivity index (χ4v) is 3.39. The molecule has 13 heavy (non-hydrogen) atoms. The summed E-state index contributed by atoms with van der Waals surface area (Å²) in [6.45, 7) is 2.37. The van der Waals surface area contributed by atoms with Crippen molar-refractivity contribution in [1.29, 1.82) is 0 Å². The molecule has 3 rings (SSSR count). The van der Waals surface area contributed by atoms with Crippen molar-refractivity contribution in [3.05, 3.63) is 0 Å². The van der Waals surface area contributed by atoms with Crippen LogP contribution in [0.5, 0.6) is 0 Å². The minimum atomic E-state index is -0.0749. The Morgan fingerprint density at radius 1 is 1.38 bits per heavy atom. The third kappa shape index (κ3) is 0.875. The fraction of sp³-hybridized carbons (Fsp3) is 0.900. The molecule has 2 saturated carbocycles. The van der Waals surface area contributed by atoms with Gasteiger partial charge in [-0.3, -0.25) is 4.90 Å². The second kappa shape index (κ2) is 2.40. The van der Waals surface area contributed by atoms with Gasteiger partial charge in [-0.2, -0.15) is 0 Å². The Kier molecular flexibility index (Phi) is 1.41. The number of hydrogen-bond donors (Lipinski definition) is 0. The van der Waals surface area contributed by atoms with Crippen molar-refractivity contribution in [3.8, 4) is 0 Å². The topological polar surface area (TPSA) is 29.3 Å². The molecular weight excluding hydrogens is 166 g/mol. The Morgan fingerprint density at radius 3 is 2.54 bits per heavy atom. The van der Waals surface area contributed by atoms with E-state index < -0.39 is 0 Å². The minimum absolute atomic E-state index is 0.0749. The smallest absolute Gasteiger partial charge is 0.410 e. The monoisotopic (exact) mass is 181 g/mol. The molecule has 0 radical (unpaired) electrons. The Labute approximate surface area is 78.0 Å². The summed E-state index contributed by atoms with van der Waals surface area (Å²) in [5.74, 6) is 1.61. The average molecular weight is 181 g/mol. The van der Waals surface area contributed by atoms with Gasteiger partial charge in [0, 0.05) is 0 Å². The van der Waals surface area contributed by atoms with Crippen LogP contribution in [0.4, 0.5) is 4.79 Å². The molecule has 1 aliphatic heterocycles. The van der Waals surface area contributed by atoms with Gasteiger partial charge in [0.1, 0.15) is 0 Å². The van der Waals surface area contributed by atoms with E-state index >= 15 is 0 Å². The van der Waals surface area contributed by atoms with E-state index in [1.54, 1.807) is 0 Å². The van der Waals surface area contributed by atoms with Crippen LogP contribution in [0.15, 0.2) is 0 Å². The highest BCUT2D eigenvalue weighted by atomic mass is 16.6. The first-order valence-corrected chi connectivity index (χ1v) is 5.28. The van der Waals surface area contributed by atoms with Gasteiger partial charge in [-0.1, -0.05) is 0 Å². The first-order chi connectivity index (χ1) is 6.33. The van der Waals surface area contributed by atoms with Gasteiger partial charge in [-0.25, -0.2) is 4.79 Å². The standard InChI is InChI=1S/C10H15NO2/c1-2-13-10(12)11-8-6-3-4-7(5-6)9(8)11/h6-9H,2-5H2,1H3. The maximum absolute atomic E-state index is 11.4. The predicted molar refractivity (Wildman–Crippen MR) is 47.3 cm³/mol. The van der Waals surface area contributed by atoms with Gasteiger partial charge in [-0.15, -0.1) is 0 Å². The molecule has 3 fully saturated rings. The van der Waals surface area contributed by atoms with Crippen LogP contribution in [-0.2, 0) is 4.74 Å². The van der Waals surface area contributed by atoms with Crippen LogP contribution in [0.1, 0.15) is 26.2 Å². The summed E-state index contributed by atoms with van der Waals surface area (Å²) >= 11 is 0. The molecule has 0 aromatic heterocycles. The van der Waals surface area contributed by atoms with Crippen LogP contribution in [0, 0.1) is 11.8 Å². The molecule has 0 aromatic carbocycles. The normalized spacial score (nSPS) is 44.8. The van der Waals surface area contributed by atoms with Crippen molar-refractivity contribution >= 4 is 6.09 Å². The molecule has 4 unspecified atom stereocenters. The molecule has 3 heteroatoms. The summed E-state index contributed by atoms with van der Waals surface area (Å²) in [4.78, 5) is 13.4. The summed E-state index contributed by atoms with van der Waals surface area (Å²) in [7, 11) is 0. The summed E-state index contributed by atoms with van der Waals surface area (Å²) in [5.41, 5.74) is 0. The minimum Gasteiger partial charge on any atom is -0.450 e. The molecule has 3 nitrogen and oxygen atoms in total. The van der Waals surface area contributed by atoms with Crippen molar-refractivity contribution in [2.45, 2.75) is 38.3 Å². The molecular formula is C10H15NO2. The predicted octanol–water partition coefficient (Wildman–Crippen LogP) is 1.63. The van der Waals surface area contributed by atoms with E-state index in [4.69, 9.17) is 4.74 Å². The van der Waals surface area contributed by atoms with Crippen molar-refractivity contribution < 1.29 is 9.53 Å². The second-order valence-corrected chi connectivity index (χ2v) is 4.42. The lowest BCUT2D eigenvalue weighted by Crippen LogP contribution is -2.21. The van der Waals surface area contributed by atoms with Gasteiger partial charge >= 0.3 is 6.09 Å². The van der Waals surface area contributed by atoms with Crippen molar-refractivity contribution in [2.24, 2.45) is 11.8 Å². The molecule has 2 bridgehead atoms. The van der Waals surface area contributed by atoms with Gasteiger partial charge < -0.3 is 4.74 Å². The number of amides is 1. The molecule has 1 saturated heterocycles. The van der Waals surface area contributed by atoms with Crippen molar-refractivity contribution in [3.63, 3.8) is 0 Å². The number of fused-ring (bicyclic) bond motifs is 5. The van der Waals surface area contributed by atoms with E-state index in [1.807, 2.05) is 11.8 Å². The molecule has 1 heterocycles. The molecule has 4 atom stereocenters. The van der Waals surface area contributed by atoms with Crippen LogP contribution in [0.2, 0.25) is 0 Å². The van der Waals surface area contributed by atoms with Gasteiger partial charge in [-0.05, 0) is 38.0 Å².